The number of anilines is 2. The van der Waals surface area contributed by atoms with E-state index >= 15 is 0 Å². The molecule has 5 heteroatoms. The molecule has 0 bridgehead atoms. The third-order valence-corrected chi connectivity index (χ3v) is 4.63. The van der Waals surface area contributed by atoms with Gasteiger partial charge in [-0.2, -0.15) is 0 Å². The molecule has 0 atom stereocenters. The number of benzene rings is 2. The standard InChI is InChI=1S/C20H24FN3O/c1-2-16-3-7-18(8-4-16)22-15-20(25)24-13-11-23(12-14-24)19-9-5-17(21)6-10-19/h3-10,22H,2,11-15H2,1H3. The third kappa shape index (κ3) is 4.50. The van der Waals surface area contributed by atoms with Crippen molar-refractivity contribution in [1.29, 1.82) is 0 Å². The van der Waals surface area contributed by atoms with E-state index in [9.17, 15) is 9.18 Å². The third-order valence-electron chi connectivity index (χ3n) is 4.63. The highest BCUT2D eigenvalue weighted by Gasteiger charge is 2.21. The zero-order valence-corrected chi connectivity index (χ0v) is 14.5. The fraction of sp³-hybridized carbons (Fsp3) is 0.350. The fourth-order valence-electron chi connectivity index (χ4n) is 3.01. The van der Waals surface area contributed by atoms with Crippen LogP contribution < -0.4 is 10.2 Å². The van der Waals surface area contributed by atoms with E-state index in [0.29, 0.717) is 19.6 Å². The Morgan fingerprint density at radius 2 is 1.64 bits per heavy atom. The molecule has 132 valence electrons. The summed E-state index contributed by atoms with van der Waals surface area (Å²) < 4.78 is 13.0. The Morgan fingerprint density at radius 3 is 2.24 bits per heavy atom. The summed E-state index contributed by atoms with van der Waals surface area (Å²) in [7, 11) is 0. The van der Waals surface area contributed by atoms with Crippen LogP contribution in [0.2, 0.25) is 0 Å². The van der Waals surface area contributed by atoms with E-state index in [1.54, 1.807) is 12.1 Å². The van der Waals surface area contributed by atoms with Crippen molar-refractivity contribution in [2.24, 2.45) is 0 Å². The van der Waals surface area contributed by atoms with Gasteiger partial charge in [-0.05, 0) is 48.4 Å². The van der Waals surface area contributed by atoms with Crippen molar-refractivity contribution < 1.29 is 9.18 Å². The van der Waals surface area contributed by atoms with Gasteiger partial charge in [-0.1, -0.05) is 19.1 Å². The summed E-state index contributed by atoms with van der Waals surface area (Å²) in [5.74, 6) is -0.117. The van der Waals surface area contributed by atoms with Crippen molar-refractivity contribution in [3.63, 3.8) is 0 Å². The van der Waals surface area contributed by atoms with Gasteiger partial charge in [-0.15, -0.1) is 0 Å². The number of hydrogen-bond donors (Lipinski definition) is 1. The van der Waals surface area contributed by atoms with Crippen molar-refractivity contribution in [2.75, 3.05) is 42.9 Å². The highest BCUT2D eigenvalue weighted by Crippen LogP contribution is 2.17. The highest BCUT2D eigenvalue weighted by molar-refractivity contribution is 5.81. The molecular formula is C20H24FN3O. The van der Waals surface area contributed by atoms with Crippen molar-refractivity contribution in [2.45, 2.75) is 13.3 Å². The van der Waals surface area contributed by atoms with E-state index in [4.69, 9.17) is 0 Å². The number of aryl methyl sites for hydroxylation is 1. The molecule has 1 N–H and O–H groups in total. The van der Waals surface area contributed by atoms with Crippen molar-refractivity contribution in [3.05, 3.63) is 59.9 Å². The van der Waals surface area contributed by atoms with Gasteiger partial charge in [0.2, 0.25) is 5.91 Å². The molecule has 1 heterocycles. The van der Waals surface area contributed by atoms with E-state index in [1.165, 1.54) is 17.7 Å². The number of piperazine rings is 1. The molecule has 0 aromatic heterocycles. The summed E-state index contributed by atoms with van der Waals surface area (Å²) in [5.41, 5.74) is 3.26. The van der Waals surface area contributed by atoms with Gasteiger partial charge in [0, 0.05) is 37.6 Å². The second-order valence-electron chi connectivity index (χ2n) is 6.25. The van der Waals surface area contributed by atoms with E-state index in [2.05, 4.69) is 29.3 Å². The van der Waals surface area contributed by atoms with Crippen LogP contribution >= 0.6 is 0 Å². The van der Waals surface area contributed by atoms with Crippen LogP contribution in [0.15, 0.2) is 48.5 Å². The van der Waals surface area contributed by atoms with Crippen molar-refractivity contribution in [1.82, 2.24) is 4.90 Å². The maximum Gasteiger partial charge on any atom is 0.241 e. The first kappa shape index (κ1) is 17.3. The first-order chi connectivity index (χ1) is 12.2. The molecule has 1 aliphatic heterocycles. The van der Waals surface area contributed by atoms with Crippen molar-refractivity contribution >= 4 is 17.3 Å². The molecule has 0 radical (unpaired) electrons. The second kappa shape index (κ2) is 8.01. The summed E-state index contributed by atoms with van der Waals surface area (Å²) in [5, 5.41) is 3.20. The first-order valence-corrected chi connectivity index (χ1v) is 8.77. The average molecular weight is 341 g/mol. The van der Waals surface area contributed by atoms with E-state index < -0.39 is 0 Å². The molecule has 0 spiro atoms. The molecule has 4 nitrogen and oxygen atoms in total. The quantitative estimate of drug-likeness (QED) is 0.907. The molecule has 1 aliphatic rings. The van der Waals surface area contributed by atoms with Crippen LogP contribution in [-0.4, -0.2) is 43.5 Å². The van der Waals surface area contributed by atoms with Crippen LogP contribution in [0.4, 0.5) is 15.8 Å². The van der Waals surface area contributed by atoms with Gasteiger partial charge in [-0.25, -0.2) is 4.39 Å². The van der Waals surface area contributed by atoms with Crippen LogP contribution in [0.1, 0.15) is 12.5 Å². The second-order valence-corrected chi connectivity index (χ2v) is 6.25. The van der Waals surface area contributed by atoms with Gasteiger partial charge < -0.3 is 15.1 Å². The van der Waals surface area contributed by atoms with E-state index in [0.717, 1.165) is 30.9 Å². The number of rotatable bonds is 5. The van der Waals surface area contributed by atoms with Gasteiger partial charge in [0.25, 0.3) is 0 Å². The van der Waals surface area contributed by atoms with Gasteiger partial charge >= 0.3 is 0 Å². The Hall–Kier alpha value is -2.56. The van der Waals surface area contributed by atoms with Crippen LogP contribution in [-0.2, 0) is 11.2 Å². The van der Waals surface area contributed by atoms with Crippen LogP contribution in [0.5, 0.6) is 0 Å². The number of hydrogen-bond acceptors (Lipinski definition) is 3. The van der Waals surface area contributed by atoms with Gasteiger partial charge in [0.1, 0.15) is 5.82 Å². The molecule has 3 rings (SSSR count). The molecule has 2 aromatic rings. The largest absolute Gasteiger partial charge is 0.376 e. The summed E-state index contributed by atoms with van der Waals surface area (Å²) in [4.78, 5) is 16.4. The van der Waals surface area contributed by atoms with Crippen LogP contribution in [0.25, 0.3) is 0 Å². The molecule has 0 saturated carbocycles. The summed E-state index contributed by atoms with van der Waals surface area (Å²) in [6.07, 6.45) is 1.01. The Balaban J connectivity index is 1.47. The Labute approximate surface area is 148 Å². The summed E-state index contributed by atoms with van der Waals surface area (Å²) in [6.45, 7) is 5.34. The maximum absolute atomic E-state index is 13.0. The number of nitrogens with one attached hydrogen (secondary N) is 1. The number of carbonyl (C=O) groups excluding carboxylic acids is 1. The van der Waals surface area contributed by atoms with E-state index in [-0.39, 0.29) is 11.7 Å². The van der Waals surface area contributed by atoms with Gasteiger partial charge in [0.05, 0.1) is 6.54 Å². The van der Waals surface area contributed by atoms with Crippen molar-refractivity contribution in [3.8, 4) is 0 Å². The minimum atomic E-state index is -0.226. The molecule has 25 heavy (non-hydrogen) atoms. The predicted octanol–water partition coefficient (Wildman–Crippen LogP) is 3.15. The van der Waals surface area contributed by atoms with Crippen LogP contribution in [0, 0.1) is 5.82 Å². The first-order valence-electron chi connectivity index (χ1n) is 8.77. The maximum atomic E-state index is 13.0. The Bertz CT molecular complexity index is 692. The number of carbonyl (C=O) groups is 1. The molecule has 0 unspecified atom stereocenters. The number of amides is 1. The molecule has 1 fully saturated rings. The van der Waals surface area contributed by atoms with Gasteiger partial charge in [0.15, 0.2) is 0 Å². The molecular weight excluding hydrogens is 317 g/mol. The zero-order chi connectivity index (χ0) is 17.6. The van der Waals surface area contributed by atoms with Gasteiger partial charge in [-0.3, -0.25) is 4.79 Å². The number of nitrogens with zero attached hydrogens (tertiary/aromatic N) is 2. The lowest BCUT2D eigenvalue weighted by molar-refractivity contribution is -0.129. The van der Waals surface area contributed by atoms with Crippen LogP contribution in [0.3, 0.4) is 0 Å². The summed E-state index contributed by atoms with van der Waals surface area (Å²) in [6, 6.07) is 14.7. The number of halogens is 1. The minimum Gasteiger partial charge on any atom is -0.376 e. The monoisotopic (exact) mass is 341 g/mol. The lowest BCUT2D eigenvalue weighted by Crippen LogP contribution is -2.50. The Kier molecular flexibility index (Phi) is 5.53. The normalized spacial score (nSPS) is 14.5. The SMILES string of the molecule is CCc1ccc(NCC(=O)N2CCN(c3ccc(F)cc3)CC2)cc1. The smallest absolute Gasteiger partial charge is 0.241 e. The minimum absolute atomic E-state index is 0.110. The Morgan fingerprint density at radius 1 is 1.00 bits per heavy atom. The topological polar surface area (TPSA) is 35.6 Å². The molecule has 1 amide bonds. The highest BCUT2D eigenvalue weighted by atomic mass is 19.1. The predicted molar refractivity (Wildman–Crippen MR) is 99.5 cm³/mol. The lowest BCUT2D eigenvalue weighted by Gasteiger charge is -2.36. The fourth-order valence-corrected chi connectivity index (χ4v) is 3.01. The zero-order valence-electron chi connectivity index (χ0n) is 14.5. The molecule has 1 saturated heterocycles. The molecule has 2 aromatic carbocycles. The molecule has 0 aliphatic carbocycles. The lowest BCUT2D eigenvalue weighted by atomic mass is 10.1. The van der Waals surface area contributed by atoms with E-state index in [1.807, 2.05) is 17.0 Å². The average Bonchev–Trinajstić information content (AvgIpc) is 2.67. The summed E-state index contributed by atoms with van der Waals surface area (Å²) >= 11 is 0.